The van der Waals surface area contributed by atoms with Crippen LogP contribution in [-0.4, -0.2) is 53.8 Å². The van der Waals surface area contributed by atoms with Crippen LogP contribution in [0.2, 0.25) is 0 Å². The molecule has 2 N–H and O–H groups in total. The SMILES string of the molecule is CC1SCCN(C2(CN)CCOC2)C1C. The predicted molar refractivity (Wildman–Crippen MR) is 65.3 cm³/mol. The first-order valence-electron chi connectivity index (χ1n) is 5.86. The molecule has 4 heteroatoms. The van der Waals surface area contributed by atoms with Crippen LogP contribution in [0.3, 0.4) is 0 Å². The lowest BCUT2D eigenvalue weighted by atomic mass is 9.93. The van der Waals surface area contributed by atoms with E-state index in [2.05, 4.69) is 30.5 Å². The van der Waals surface area contributed by atoms with Crippen molar-refractivity contribution in [3.05, 3.63) is 0 Å². The van der Waals surface area contributed by atoms with Crippen molar-refractivity contribution in [2.24, 2.45) is 5.73 Å². The second kappa shape index (κ2) is 4.62. The monoisotopic (exact) mass is 230 g/mol. The summed E-state index contributed by atoms with van der Waals surface area (Å²) in [6.45, 7) is 8.24. The van der Waals surface area contributed by atoms with Gasteiger partial charge in [-0.15, -0.1) is 0 Å². The molecule has 3 unspecified atom stereocenters. The lowest BCUT2D eigenvalue weighted by molar-refractivity contribution is 0.0436. The Morgan fingerprint density at radius 3 is 2.93 bits per heavy atom. The summed E-state index contributed by atoms with van der Waals surface area (Å²) in [6, 6.07) is 0.619. The first kappa shape index (κ1) is 11.7. The van der Waals surface area contributed by atoms with Gasteiger partial charge < -0.3 is 10.5 Å². The third-order valence-corrected chi connectivity index (χ3v) is 5.29. The molecule has 2 aliphatic heterocycles. The largest absolute Gasteiger partial charge is 0.379 e. The summed E-state index contributed by atoms with van der Waals surface area (Å²) < 4.78 is 5.56. The van der Waals surface area contributed by atoms with Crippen LogP contribution in [0.4, 0.5) is 0 Å². The molecule has 2 heterocycles. The Morgan fingerprint density at radius 2 is 2.33 bits per heavy atom. The van der Waals surface area contributed by atoms with Gasteiger partial charge in [-0.05, 0) is 13.3 Å². The van der Waals surface area contributed by atoms with Crippen LogP contribution < -0.4 is 5.73 Å². The number of ether oxygens (including phenoxy) is 1. The van der Waals surface area contributed by atoms with Crippen LogP contribution in [0.25, 0.3) is 0 Å². The molecule has 0 spiro atoms. The maximum Gasteiger partial charge on any atom is 0.0663 e. The molecule has 3 nitrogen and oxygen atoms in total. The highest BCUT2D eigenvalue weighted by Gasteiger charge is 2.43. The first-order valence-corrected chi connectivity index (χ1v) is 6.91. The quantitative estimate of drug-likeness (QED) is 0.766. The lowest BCUT2D eigenvalue weighted by Gasteiger charge is -2.48. The third-order valence-electron chi connectivity index (χ3n) is 3.96. The topological polar surface area (TPSA) is 38.5 Å². The van der Waals surface area contributed by atoms with E-state index < -0.39 is 0 Å². The van der Waals surface area contributed by atoms with E-state index in [0.717, 1.165) is 32.7 Å². The van der Waals surface area contributed by atoms with Crippen LogP contribution in [0.15, 0.2) is 0 Å². The number of nitrogens with zero attached hydrogens (tertiary/aromatic N) is 1. The van der Waals surface area contributed by atoms with Crippen molar-refractivity contribution in [3.8, 4) is 0 Å². The van der Waals surface area contributed by atoms with E-state index in [4.69, 9.17) is 10.5 Å². The summed E-state index contributed by atoms with van der Waals surface area (Å²) in [5, 5.41) is 0.711. The molecule has 2 aliphatic rings. The number of rotatable bonds is 2. The van der Waals surface area contributed by atoms with E-state index in [9.17, 15) is 0 Å². The fourth-order valence-electron chi connectivity index (χ4n) is 2.70. The van der Waals surface area contributed by atoms with E-state index in [1.165, 1.54) is 5.75 Å². The van der Waals surface area contributed by atoms with Crippen molar-refractivity contribution in [2.75, 3.05) is 32.1 Å². The van der Waals surface area contributed by atoms with Crippen molar-refractivity contribution in [1.29, 1.82) is 0 Å². The molecule has 0 bridgehead atoms. The minimum atomic E-state index is 0.134. The average molecular weight is 230 g/mol. The second-order valence-electron chi connectivity index (χ2n) is 4.74. The van der Waals surface area contributed by atoms with Crippen LogP contribution in [0, 0.1) is 0 Å². The van der Waals surface area contributed by atoms with Gasteiger partial charge in [0.2, 0.25) is 0 Å². The normalized spacial score (nSPS) is 43.4. The molecule has 0 aliphatic carbocycles. The van der Waals surface area contributed by atoms with Crippen molar-refractivity contribution in [2.45, 2.75) is 37.1 Å². The van der Waals surface area contributed by atoms with Gasteiger partial charge in [0.25, 0.3) is 0 Å². The minimum Gasteiger partial charge on any atom is -0.379 e. The van der Waals surface area contributed by atoms with Gasteiger partial charge in [-0.3, -0.25) is 4.90 Å². The zero-order valence-electron chi connectivity index (χ0n) is 9.74. The zero-order valence-corrected chi connectivity index (χ0v) is 10.6. The smallest absolute Gasteiger partial charge is 0.0663 e. The Labute approximate surface area is 96.7 Å². The van der Waals surface area contributed by atoms with Gasteiger partial charge in [0, 0.05) is 36.7 Å². The van der Waals surface area contributed by atoms with Gasteiger partial charge in [-0.25, -0.2) is 0 Å². The molecule has 88 valence electrons. The number of hydrogen-bond donors (Lipinski definition) is 1. The lowest BCUT2D eigenvalue weighted by Crippen LogP contribution is -2.61. The van der Waals surface area contributed by atoms with E-state index in [0.29, 0.717) is 11.3 Å². The predicted octanol–water partition coefficient (Wildman–Crippen LogP) is 0.930. The highest BCUT2D eigenvalue weighted by atomic mass is 32.2. The maximum atomic E-state index is 5.98. The molecule has 0 aromatic heterocycles. The summed E-state index contributed by atoms with van der Waals surface area (Å²) in [6.07, 6.45) is 1.10. The van der Waals surface area contributed by atoms with Crippen molar-refractivity contribution in [3.63, 3.8) is 0 Å². The van der Waals surface area contributed by atoms with Crippen molar-refractivity contribution < 1.29 is 4.74 Å². The summed E-state index contributed by atoms with van der Waals surface area (Å²) in [5.41, 5.74) is 6.11. The number of hydrogen-bond acceptors (Lipinski definition) is 4. The van der Waals surface area contributed by atoms with Gasteiger partial charge >= 0.3 is 0 Å². The van der Waals surface area contributed by atoms with Crippen LogP contribution in [0.1, 0.15) is 20.3 Å². The maximum absolute atomic E-state index is 5.98. The second-order valence-corrected chi connectivity index (χ2v) is 6.23. The summed E-state index contributed by atoms with van der Waals surface area (Å²) in [4.78, 5) is 2.60. The molecule has 0 amide bonds. The van der Waals surface area contributed by atoms with Crippen LogP contribution >= 0.6 is 11.8 Å². The van der Waals surface area contributed by atoms with Crippen molar-refractivity contribution in [1.82, 2.24) is 4.90 Å². The van der Waals surface area contributed by atoms with Gasteiger partial charge in [-0.1, -0.05) is 6.92 Å². The van der Waals surface area contributed by atoms with Crippen molar-refractivity contribution >= 4 is 11.8 Å². The summed E-state index contributed by atoms with van der Waals surface area (Å²) in [5.74, 6) is 1.23. The fraction of sp³-hybridized carbons (Fsp3) is 1.00. The molecule has 0 aromatic rings. The van der Waals surface area contributed by atoms with E-state index in [1.54, 1.807) is 0 Å². The molecule has 2 fully saturated rings. The first-order chi connectivity index (χ1) is 7.19. The highest BCUT2D eigenvalue weighted by Crippen LogP contribution is 2.34. The Balaban J connectivity index is 2.12. The average Bonchev–Trinajstić information content (AvgIpc) is 2.72. The van der Waals surface area contributed by atoms with Gasteiger partial charge in [0.1, 0.15) is 0 Å². The van der Waals surface area contributed by atoms with Gasteiger partial charge in [0.05, 0.1) is 12.1 Å². The van der Waals surface area contributed by atoms with Gasteiger partial charge in [-0.2, -0.15) is 11.8 Å². The minimum absolute atomic E-state index is 0.134. The molecule has 2 saturated heterocycles. The standard InChI is InChI=1S/C11H22N2OS/c1-9-10(2)15-6-4-13(9)11(7-12)3-5-14-8-11/h9-10H,3-8,12H2,1-2H3. The van der Waals surface area contributed by atoms with E-state index in [-0.39, 0.29) is 5.54 Å². The Bertz CT molecular complexity index is 219. The molecule has 2 rings (SSSR count). The van der Waals surface area contributed by atoms with Gasteiger partial charge in [0.15, 0.2) is 0 Å². The van der Waals surface area contributed by atoms with Crippen LogP contribution in [-0.2, 0) is 4.74 Å². The summed E-state index contributed by atoms with van der Waals surface area (Å²) >= 11 is 2.07. The zero-order chi connectivity index (χ0) is 10.9. The number of thioether (sulfide) groups is 1. The van der Waals surface area contributed by atoms with Crippen LogP contribution in [0.5, 0.6) is 0 Å². The number of nitrogens with two attached hydrogens (primary N) is 1. The Hall–Kier alpha value is 0.230. The molecule has 0 radical (unpaired) electrons. The Kier molecular flexibility index (Phi) is 3.60. The van der Waals surface area contributed by atoms with E-state index >= 15 is 0 Å². The molecule has 0 aromatic carbocycles. The molecule has 15 heavy (non-hydrogen) atoms. The summed E-state index contributed by atoms with van der Waals surface area (Å²) in [7, 11) is 0. The third kappa shape index (κ3) is 2.05. The molecular weight excluding hydrogens is 208 g/mol. The molecular formula is C11H22N2OS. The molecule has 3 atom stereocenters. The Morgan fingerprint density at radius 1 is 1.53 bits per heavy atom. The highest BCUT2D eigenvalue weighted by molar-refractivity contribution is 8.00. The fourth-order valence-corrected chi connectivity index (χ4v) is 3.80. The molecule has 0 saturated carbocycles. The van der Waals surface area contributed by atoms with E-state index in [1.807, 2.05) is 0 Å².